The van der Waals surface area contributed by atoms with Crippen LogP contribution in [0.1, 0.15) is 21.6 Å². The van der Waals surface area contributed by atoms with Crippen molar-refractivity contribution in [2.75, 3.05) is 12.4 Å². The van der Waals surface area contributed by atoms with E-state index in [0.717, 1.165) is 0 Å². The lowest BCUT2D eigenvalue weighted by Gasteiger charge is -2.04. The minimum atomic E-state index is -0.345. The van der Waals surface area contributed by atoms with Gasteiger partial charge in [-0.3, -0.25) is 14.2 Å². The first kappa shape index (κ1) is 18.3. The fraction of sp³-hybridized carbons (Fsp3) is 0.235. The summed E-state index contributed by atoms with van der Waals surface area (Å²) < 4.78 is 22.6. The zero-order chi connectivity index (χ0) is 18.7. The summed E-state index contributed by atoms with van der Waals surface area (Å²) >= 11 is 3.37. The Morgan fingerprint density at radius 2 is 2.08 bits per heavy atom. The average molecular weight is 422 g/mol. The zero-order valence-corrected chi connectivity index (χ0v) is 15.8. The fourth-order valence-corrected chi connectivity index (χ4v) is 2.92. The SMILES string of the molecule is COCc1nn(C)cc1C(=O)Nc1nn(Cc2ccccc2F)cc1Br. The molecule has 2 heterocycles. The van der Waals surface area contributed by atoms with Crippen LogP contribution in [-0.2, 0) is 24.9 Å². The minimum Gasteiger partial charge on any atom is -0.378 e. The number of carbonyl (C=O) groups is 1. The van der Waals surface area contributed by atoms with Crippen molar-refractivity contribution in [3.05, 3.63) is 63.8 Å². The summed E-state index contributed by atoms with van der Waals surface area (Å²) in [5, 5.41) is 11.3. The van der Waals surface area contributed by atoms with Crippen LogP contribution in [0, 0.1) is 5.82 Å². The Morgan fingerprint density at radius 3 is 2.81 bits per heavy atom. The van der Waals surface area contributed by atoms with E-state index in [1.54, 1.807) is 47.0 Å². The van der Waals surface area contributed by atoms with Crippen LogP contribution in [-0.4, -0.2) is 32.6 Å². The summed E-state index contributed by atoms with van der Waals surface area (Å²) in [6, 6.07) is 6.49. The number of aromatic nitrogens is 4. The third-order valence-electron chi connectivity index (χ3n) is 3.67. The number of amides is 1. The predicted octanol–water partition coefficient (Wildman–Crippen LogP) is 2.97. The van der Waals surface area contributed by atoms with Crippen molar-refractivity contribution in [2.24, 2.45) is 7.05 Å². The van der Waals surface area contributed by atoms with Gasteiger partial charge in [-0.2, -0.15) is 10.2 Å². The summed E-state index contributed by atoms with van der Waals surface area (Å²) in [5.74, 6) is -0.301. The molecular weight excluding hydrogens is 405 g/mol. The number of hydrogen-bond acceptors (Lipinski definition) is 4. The van der Waals surface area contributed by atoms with E-state index in [1.807, 2.05) is 0 Å². The normalized spacial score (nSPS) is 10.9. The first-order valence-corrected chi connectivity index (χ1v) is 8.56. The first-order valence-electron chi connectivity index (χ1n) is 7.77. The molecule has 3 rings (SSSR count). The maximum absolute atomic E-state index is 13.8. The highest BCUT2D eigenvalue weighted by atomic mass is 79.9. The second kappa shape index (κ2) is 7.79. The molecule has 0 unspecified atom stereocenters. The minimum absolute atomic E-state index is 0.229. The number of anilines is 1. The van der Waals surface area contributed by atoms with E-state index in [4.69, 9.17) is 4.74 Å². The van der Waals surface area contributed by atoms with Crippen molar-refractivity contribution < 1.29 is 13.9 Å². The predicted molar refractivity (Wildman–Crippen MR) is 97.3 cm³/mol. The van der Waals surface area contributed by atoms with Gasteiger partial charge in [-0.1, -0.05) is 18.2 Å². The highest BCUT2D eigenvalue weighted by molar-refractivity contribution is 9.10. The highest BCUT2D eigenvalue weighted by Gasteiger charge is 2.18. The smallest absolute Gasteiger partial charge is 0.260 e. The third-order valence-corrected chi connectivity index (χ3v) is 4.25. The number of ether oxygens (including phenoxy) is 1. The number of rotatable bonds is 6. The van der Waals surface area contributed by atoms with Gasteiger partial charge in [-0.25, -0.2) is 4.39 Å². The standard InChI is InChI=1S/C17H17BrFN5O2/c1-23-8-12(15(21-23)10-26-2)17(25)20-16-13(18)9-24(22-16)7-11-5-3-4-6-14(11)19/h3-6,8-9H,7,10H2,1-2H3,(H,20,22,25). The Labute approximate surface area is 157 Å². The van der Waals surface area contributed by atoms with Crippen LogP contribution in [0.15, 0.2) is 41.1 Å². The van der Waals surface area contributed by atoms with Crippen molar-refractivity contribution in [1.82, 2.24) is 19.6 Å². The molecule has 0 radical (unpaired) electrons. The van der Waals surface area contributed by atoms with Crippen LogP contribution in [0.5, 0.6) is 0 Å². The summed E-state index contributed by atoms with van der Waals surface area (Å²) in [4.78, 5) is 12.5. The third kappa shape index (κ3) is 4.00. The van der Waals surface area contributed by atoms with E-state index >= 15 is 0 Å². The van der Waals surface area contributed by atoms with E-state index in [2.05, 4.69) is 31.4 Å². The molecule has 0 spiro atoms. The molecule has 0 aliphatic heterocycles. The van der Waals surface area contributed by atoms with Gasteiger partial charge in [-0.05, 0) is 22.0 Å². The van der Waals surface area contributed by atoms with Gasteiger partial charge >= 0.3 is 0 Å². The maximum Gasteiger partial charge on any atom is 0.260 e. The second-order valence-electron chi connectivity index (χ2n) is 5.66. The second-order valence-corrected chi connectivity index (χ2v) is 6.52. The zero-order valence-electron chi connectivity index (χ0n) is 14.2. The topological polar surface area (TPSA) is 74.0 Å². The van der Waals surface area contributed by atoms with E-state index in [-0.39, 0.29) is 24.9 Å². The molecule has 1 amide bonds. The Balaban J connectivity index is 1.77. The molecule has 1 N–H and O–H groups in total. The van der Waals surface area contributed by atoms with Gasteiger partial charge in [0.15, 0.2) is 5.82 Å². The molecule has 2 aromatic heterocycles. The van der Waals surface area contributed by atoms with Crippen LogP contribution in [0.25, 0.3) is 0 Å². The molecule has 26 heavy (non-hydrogen) atoms. The number of carbonyl (C=O) groups excluding carboxylic acids is 1. The molecule has 9 heteroatoms. The monoisotopic (exact) mass is 421 g/mol. The van der Waals surface area contributed by atoms with Crippen LogP contribution < -0.4 is 5.32 Å². The molecule has 7 nitrogen and oxygen atoms in total. The van der Waals surface area contributed by atoms with Crippen LogP contribution >= 0.6 is 15.9 Å². The first-order chi connectivity index (χ1) is 12.5. The number of hydrogen-bond donors (Lipinski definition) is 1. The van der Waals surface area contributed by atoms with Crippen molar-refractivity contribution in [3.8, 4) is 0 Å². The van der Waals surface area contributed by atoms with Crippen LogP contribution in [0.4, 0.5) is 10.2 Å². The van der Waals surface area contributed by atoms with Gasteiger partial charge in [0, 0.05) is 32.1 Å². The fourth-order valence-electron chi connectivity index (χ4n) is 2.51. The van der Waals surface area contributed by atoms with E-state index in [9.17, 15) is 9.18 Å². The molecule has 0 saturated carbocycles. The summed E-state index contributed by atoms with van der Waals surface area (Å²) in [6.07, 6.45) is 3.30. The highest BCUT2D eigenvalue weighted by Crippen LogP contribution is 2.22. The van der Waals surface area contributed by atoms with Gasteiger partial charge in [0.2, 0.25) is 0 Å². The van der Waals surface area contributed by atoms with Gasteiger partial charge in [0.25, 0.3) is 5.91 Å². The summed E-state index contributed by atoms with van der Waals surface area (Å²) in [6.45, 7) is 0.482. The van der Waals surface area contributed by atoms with Crippen molar-refractivity contribution >= 4 is 27.7 Å². The molecule has 0 atom stereocenters. The Kier molecular flexibility index (Phi) is 5.48. The van der Waals surface area contributed by atoms with Gasteiger partial charge < -0.3 is 10.1 Å². The number of methoxy groups -OCH3 is 1. The van der Waals surface area contributed by atoms with E-state index < -0.39 is 0 Å². The lowest BCUT2D eigenvalue weighted by Crippen LogP contribution is -2.14. The van der Waals surface area contributed by atoms with Gasteiger partial charge in [0.05, 0.1) is 23.2 Å². The van der Waals surface area contributed by atoms with Crippen molar-refractivity contribution in [1.29, 1.82) is 0 Å². The maximum atomic E-state index is 13.8. The number of halogens is 2. The van der Waals surface area contributed by atoms with E-state index in [1.165, 1.54) is 13.2 Å². The molecule has 0 bridgehead atoms. The molecular formula is C17H17BrFN5O2. The Bertz CT molecular complexity index is 937. The Morgan fingerprint density at radius 1 is 1.31 bits per heavy atom. The van der Waals surface area contributed by atoms with Crippen molar-refractivity contribution in [3.63, 3.8) is 0 Å². The van der Waals surface area contributed by atoms with Crippen LogP contribution in [0.3, 0.4) is 0 Å². The quantitative estimate of drug-likeness (QED) is 0.663. The average Bonchev–Trinajstić information content (AvgIpc) is 3.13. The molecule has 0 fully saturated rings. The summed E-state index contributed by atoms with van der Waals surface area (Å²) in [7, 11) is 3.27. The Hall–Kier alpha value is -2.52. The van der Waals surface area contributed by atoms with Crippen molar-refractivity contribution in [2.45, 2.75) is 13.2 Å². The molecule has 0 aliphatic rings. The molecule has 3 aromatic rings. The summed E-state index contributed by atoms with van der Waals surface area (Å²) in [5.41, 5.74) is 1.45. The molecule has 136 valence electrons. The van der Waals surface area contributed by atoms with Gasteiger partial charge in [0.1, 0.15) is 11.5 Å². The van der Waals surface area contributed by atoms with E-state index in [0.29, 0.717) is 27.1 Å². The van der Waals surface area contributed by atoms with Gasteiger partial charge in [-0.15, -0.1) is 0 Å². The molecule has 0 saturated heterocycles. The molecule has 0 aliphatic carbocycles. The number of nitrogens with one attached hydrogen (secondary N) is 1. The lowest BCUT2D eigenvalue weighted by molar-refractivity contribution is 0.102. The molecule has 1 aromatic carbocycles. The van der Waals surface area contributed by atoms with Crippen LogP contribution in [0.2, 0.25) is 0 Å². The largest absolute Gasteiger partial charge is 0.378 e. The number of benzene rings is 1. The lowest BCUT2D eigenvalue weighted by atomic mass is 10.2. The number of nitrogens with zero attached hydrogens (tertiary/aromatic N) is 4. The number of aryl methyl sites for hydroxylation is 1.